The summed E-state index contributed by atoms with van der Waals surface area (Å²) in [5.41, 5.74) is 0.783. The largest absolute Gasteiger partial charge is 0.391 e. The highest BCUT2D eigenvalue weighted by Crippen LogP contribution is 2.21. The number of carbonyl (C=O) groups excluding carboxylic acids is 1. The summed E-state index contributed by atoms with van der Waals surface area (Å²) >= 11 is 3.20. The van der Waals surface area contributed by atoms with Gasteiger partial charge in [0.1, 0.15) is 18.1 Å². The number of aliphatic hydroxyl groups is 1. The van der Waals surface area contributed by atoms with Gasteiger partial charge in [-0.3, -0.25) is 9.59 Å². The number of hydrogen-bond acceptors (Lipinski definition) is 5. The van der Waals surface area contributed by atoms with Gasteiger partial charge in [-0.25, -0.2) is 9.07 Å². The summed E-state index contributed by atoms with van der Waals surface area (Å²) in [5.74, 6) is -0.875. The molecule has 0 fully saturated rings. The van der Waals surface area contributed by atoms with E-state index in [1.165, 1.54) is 13.1 Å². The van der Waals surface area contributed by atoms with Crippen LogP contribution in [0.5, 0.6) is 0 Å². The molecule has 0 saturated heterocycles. The van der Waals surface area contributed by atoms with Crippen LogP contribution in [0.25, 0.3) is 0 Å². The molecule has 2 rings (SSSR count). The fourth-order valence-electron chi connectivity index (χ4n) is 2.49. The third-order valence-electron chi connectivity index (χ3n) is 3.84. The SMILES string of the molecule is Cc1c(Cc2ccc(Br)cc2F)c(C(=O)COC[C@H](C)O)nn(C)c1=O. The van der Waals surface area contributed by atoms with Crippen molar-refractivity contribution >= 4 is 21.7 Å². The Morgan fingerprint density at radius 2 is 2.15 bits per heavy atom. The topological polar surface area (TPSA) is 81.4 Å². The van der Waals surface area contributed by atoms with Crippen LogP contribution in [0, 0.1) is 12.7 Å². The number of benzene rings is 1. The number of Topliss-reactive ketones (excluding diaryl/α,β-unsaturated/α-hetero) is 1. The second-order valence-corrected chi connectivity index (χ2v) is 7.00. The smallest absolute Gasteiger partial charge is 0.269 e. The van der Waals surface area contributed by atoms with Crippen molar-refractivity contribution in [3.05, 3.63) is 61.2 Å². The van der Waals surface area contributed by atoms with Gasteiger partial charge in [0, 0.05) is 23.5 Å². The van der Waals surface area contributed by atoms with E-state index in [0.29, 0.717) is 21.2 Å². The van der Waals surface area contributed by atoms with E-state index in [4.69, 9.17) is 4.74 Å². The second kappa shape index (κ2) is 8.66. The molecule has 0 aliphatic rings. The Morgan fingerprint density at radius 1 is 1.46 bits per heavy atom. The maximum absolute atomic E-state index is 14.2. The number of hydrogen-bond donors (Lipinski definition) is 1. The minimum absolute atomic E-state index is 0.00710. The zero-order chi connectivity index (χ0) is 19.4. The van der Waals surface area contributed by atoms with E-state index in [1.54, 1.807) is 26.0 Å². The summed E-state index contributed by atoms with van der Waals surface area (Å²) < 4.78 is 21.0. The molecule has 1 aromatic heterocycles. The Kier molecular flexibility index (Phi) is 6.80. The Labute approximate surface area is 158 Å². The van der Waals surface area contributed by atoms with Gasteiger partial charge in [-0.2, -0.15) is 5.10 Å². The van der Waals surface area contributed by atoms with Gasteiger partial charge in [0.25, 0.3) is 5.56 Å². The highest BCUT2D eigenvalue weighted by molar-refractivity contribution is 9.10. The van der Waals surface area contributed by atoms with Crippen LogP contribution in [0.15, 0.2) is 27.5 Å². The fourth-order valence-corrected chi connectivity index (χ4v) is 2.82. The van der Waals surface area contributed by atoms with Crippen LogP contribution in [0.2, 0.25) is 0 Å². The molecule has 6 nitrogen and oxygen atoms in total. The monoisotopic (exact) mass is 426 g/mol. The number of halogens is 2. The minimum Gasteiger partial charge on any atom is -0.391 e. The lowest BCUT2D eigenvalue weighted by atomic mass is 9.98. The van der Waals surface area contributed by atoms with Crippen molar-refractivity contribution in [1.82, 2.24) is 9.78 Å². The van der Waals surface area contributed by atoms with Gasteiger partial charge in [-0.15, -0.1) is 0 Å². The van der Waals surface area contributed by atoms with E-state index < -0.39 is 17.7 Å². The molecule has 26 heavy (non-hydrogen) atoms. The van der Waals surface area contributed by atoms with Crippen molar-refractivity contribution in [1.29, 1.82) is 0 Å². The van der Waals surface area contributed by atoms with Crippen LogP contribution in [0.3, 0.4) is 0 Å². The van der Waals surface area contributed by atoms with E-state index in [1.807, 2.05) is 0 Å². The number of carbonyl (C=O) groups is 1. The first-order chi connectivity index (χ1) is 12.2. The van der Waals surface area contributed by atoms with Gasteiger partial charge in [-0.05, 0) is 37.1 Å². The van der Waals surface area contributed by atoms with Gasteiger partial charge in [0.15, 0.2) is 0 Å². The Balaban J connectivity index is 2.41. The Morgan fingerprint density at radius 3 is 2.77 bits per heavy atom. The van der Waals surface area contributed by atoms with Gasteiger partial charge in [0.05, 0.1) is 12.7 Å². The Bertz CT molecular complexity index is 880. The van der Waals surface area contributed by atoms with Crippen LogP contribution in [0.4, 0.5) is 4.39 Å². The molecule has 140 valence electrons. The number of ether oxygens (including phenoxy) is 1. The molecular formula is C18H20BrFN2O4. The lowest BCUT2D eigenvalue weighted by Gasteiger charge is -2.14. The number of aliphatic hydroxyl groups excluding tert-OH is 1. The van der Waals surface area contributed by atoms with Crippen molar-refractivity contribution in [2.24, 2.45) is 7.05 Å². The van der Waals surface area contributed by atoms with Crippen LogP contribution in [-0.2, 0) is 18.2 Å². The number of ketones is 1. The summed E-state index contributed by atoms with van der Waals surface area (Å²) in [4.78, 5) is 24.7. The van der Waals surface area contributed by atoms with E-state index in [0.717, 1.165) is 4.68 Å². The summed E-state index contributed by atoms with van der Waals surface area (Å²) in [7, 11) is 1.45. The van der Waals surface area contributed by atoms with E-state index in [9.17, 15) is 19.1 Å². The molecule has 1 aromatic carbocycles. The molecule has 0 spiro atoms. The lowest BCUT2D eigenvalue weighted by molar-refractivity contribution is 0.0420. The molecule has 0 aliphatic carbocycles. The van der Waals surface area contributed by atoms with E-state index >= 15 is 0 Å². The first-order valence-corrected chi connectivity index (χ1v) is 8.79. The molecule has 0 unspecified atom stereocenters. The van der Waals surface area contributed by atoms with Crippen molar-refractivity contribution < 1.29 is 19.0 Å². The number of aromatic nitrogens is 2. The average Bonchev–Trinajstić information content (AvgIpc) is 2.56. The molecule has 0 amide bonds. The molecule has 1 N–H and O–H groups in total. The molecule has 0 bridgehead atoms. The molecule has 1 heterocycles. The first-order valence-electron chi connectivity index (χ1n) is 8.00. The van der Waals surface area contributed by atoms with Gasteiger partial charge in [0.2, 0.25) is 5.78 Å². The third-order valence-corrected chi connectivity index (χ3v) is 4.34. The van der Waals surface area contributed by atoms with E-state index in [-0.39, 0.29) is 30.9 Å². The molecular weight excluding hydrogens is 407 g/mol. The number of nitrogens with zero attached hydrogens (tertiary/aromatic N) is 2. The molecule has 0 radical (unpaired) electrons. The normalized spacial score (nSPS) is 12.2. The predicted octanol–water partition coefficient (Wildman–Crippen LogP) is 2.16. The zero-order valence-electron chi connectivity index (χ0n) is 14.8. The highest BCUT2D eigenvalue weighted by Gasteiger charge is 2.21. The summed E-state index contributed by atoms with van der Waals surface area (Å²) in [6, 6.07) is 4.61. The first kappa shape index (κ1) is 20.4. The predicted molar refractivity (Wildman–Crippen MR) is 98.0 cm³/mol. The quantitative estimate of drug-likeness (QED) is 0.686. The molecule has 8 heteroatoms. The van der Waals surface area contributed by atoms with Crippen LogP contribution >= 0.6 is 15.9 Å². The standard InChI is InChI=1S/C18H20BrFN2O4/c1-10(23)8-26-9-16(24)17-14(11(2)18(25)22(3)21-17)6-12-4-5-13(19)7-15(12)20/h4-5,7,10,23H,6,8-9H2,1-3H3/t10-/m0/s1. The molecule has 1 atom stereocenters. The summed E-state index contributed by atoms with van der Waals surface area (Å²) in [6.45, 7) is 2.85. The van der Waals surface area contributed by atoms with Gasteiger partial charge in [-0.1, -0.05) is 22.0 Å². The number of aryl methyl sites for hydroxylation is 1. The zero-order valence-corrected chi connectivity index (χ0v) is 16.3. The minimum atomic E-state index is -0.700. The highest BCUT2D eigenvalue weighted by atomic mass is 79.9. The third kappa shape index (κ3) is 4.84. The van der Waals surface area contributed by atoms with Crippen LogP contribution in [0.1, 0.15) is 34.1 Å². The number of rotatable bonds is 7. The Hall–Kier alpha value is -1.90. The maximum atomic E-state index is 14.2. The van der Waals surface area contributed by atoms with Crippen molar-refractivity contribution in [2.45, 2.75) is 26.4 Å². The summed E-state index contributed by atoms with van der Waals surface area (Å²) in [5, 5.41) is 13.3. The molecule has 2 aromatic rings. The van der Waals surface area contributed by atoms with Crippen LogP contribution < -0.4 is 5.56 Å². The van der Waals surface area contributed by atoms with Crippen LogP contribution in [-0.4, -0.2) is 40.0 Å². The molecule has 0 aliphatic heterocycles. The van der Waals surface area contributed by atoms with Gasteiger partial charge >= 0.3 is 0 Å². The second-order valence-electron chi connectivity index (χ2n) is 6.08. The lowest BCUT2D eigenvalue weighted by Crippen LogP contribution is -2.29. The average molecular weight is 427 g/mol. The molecule has 0 saturated carbocycles. The van der Waals surface area contributed by atoms with E-state index in [2.05, 4.69) is 21.0 Å². The van der Waals surface area contributed by atoms with Gasteiger partial charge < -0.3 is 9.84 Å². The summed E-state index contributed by atoms with van der Waals surface area (Å²) in [6.07, 6.45) is -0.639. The van der Waals surface area contributed by atoms with Crippen molar-refractivity contribution in [2.75, 3.05) is 13.2 Å². The van der Waals surface area contributed by atoms with Crippen molar-refractivity contribution in [3.8, 4) is 0 Å². The maximum Gasteiger partial charge on any atom is 0.269 e. The fraction of sp³-hybridized carbons (Fsp3) is 0.389. The van der Waals surface area contributed by atoms with Crippen molar-refractivity contribution in [3.63, 3.8) is 0 Å².